The molecule has 0 spiro atoms. The van der Waals surface area contributed by atoms with Gasteiger partial charge in [0.25, 0.3) is 0 Å². The van der Waals surface area contributed by atoms with E-state index in [2.05, 4.69) is 0 Å². The van der Waals surface area contributed by atoms with Crippen molar-refractivity contribution >= 4 is 27.8 Å². The molecule has 0 aliphatic heterocycles. The van der Waals surface area contributed by atoms with Crippen LogP contribution in [0.2, 0.25) is 0 Å². The van der Waals surface area contributed by atoms with Crippen molar-refractivity contribution in [3.63, 3.8) is 0 Å². The largest absolute Gasteiger partial charge is 0.469 e. The zero-order valence-corrected chi connectivity index (χ0v) is 12.8. The van der Waals surface area contributed by atoms with Gasteiger partial charge in [-0.25, -0.2) is 13.6 Å². The van der Waals surface area contributed by atoms with E-state index in [0.717, 1.165) is 12.8 Å². The Labute approximate surface area is 122 Å². The number of hydrogen-bond donors (Lipinski definition) is 1. The van der Waals surface area contributed by atoms with Crippen molar-refractivity contribution in [3.05, 3.63) is 24.3 Å². The lowest BCUT2D eigenvalue weighted by Gasteiger charge is -2.14. The van der Waals surface area contributed by atoms with Gasteiger partial charge in [0.15, 0.2) is 0 Å². The van der Waals surface area contributed by atoms with Crippen molar-refractivity contribution in [2.24, 2.45) is 10.6 Å². The highest BCUT2D eigenvalue weighted by Crippen LogP contribution is 2.52. The van der Waals surface area contributed by atoms with Gasteiger partial charge < -0.3 is 4.74 Å². The van der Waals surface area contributed by atoms with Crippen molar-refractivity contribution < 1.29 is 17.9 Å². The van der Waals surface area contributed by atoms with E-state index in [0.29, 0.717) is 17.1 Å². The SMILES string of the molecule is COC(=O)CC1(CSc2ccccc2S(N)(=O)=O)CC1. The van der Waals surface area contributed by atoms with Gasteiger partial charge in [-0.05, 0) is 30.4 Å². The molecular formula is C13H17NO4S2. The predicted octanol–water partition coefficient (Wildman–Crippen LogP) is 1.77. The maximum absolute atomic E-state index is 11.5. The molecule has 20 heavy (non-hydrogen) atoms. The fourth-order valence-electron chi connectivity index (χ4n) is 1.96. The molecule has 0 atom stereocenters. The standard InChI is InChI=1S/C13H17NO4S2/c1-18-12(15)8-13(6-7-13)9-19-10-4-2-3-5-11(10)20(14,16)17/h2-5H,6-9H2,1H3,(H2,14,16,17). The minimum Gasteiger partial charge on any atom is -0.469 e. The fourth-order valence-corrected chi connectivity index (χ4v) is 4.34. The van der Waals surface area contributed by atoms with Gasteiger partial charge in [0.05, 0.1) is 18.4 Å². The van der Waals surface area contributed by atoms with E-state index in [4.69, 9.17) is 9.88 Å². The summed E-state index contributed by atoms with van der Waals surface area (Å²) in [6.45, 7) is 0. The number of benzene rings is 1. The zero-order valence-electron chi connectivity index (χ0n) is 11.2. The van der Waals surface area contributed by atoms with E-state index in [9.17, 15) is 13.2 Å². The van der Waals surface area contributed by atoms with Crippen molar-refractivity contribution in [1.82, 2.24) is 0 Å². The molecule has 0 bridgehead atoms. The van der Waals surface area contributed by atoms with Crippen LogP contribution in [-0.4, -0.2) is 27.2 Å². The van der Waals surface area contributed by atoms with Crippen LogP contribution in [0.3, 0.4) is 0 Å². The number of thioether (sulfide) groups is 1. The highest BCUT2D eigenvalue weighted by Gasteiger charge is 2.44. The second-order valence-corrected chi connectivity index (χ2v) is 7.58. The number of ether oxygens (including phenoxy) is 1. The van der Waals surface area contributed by atoms with Gasteiger partial charge in [-0.3, -0.25) is 4.79 Å². The summed E-state index contributed by atoms with van der Waals surface area (Å²) in [7, 11) is -2.34. The second kappa shape index (κ2) is 5.75. The van der Waals surface area contributed by atoms with Crippen LogP contribution in [0.25, 0.3) is 0 Å². The lowest BCUT2D eigenvalue weighted by molar-refractivity contribution is -0.141. The van der Waals surface area contributed by atoms with E-state index >= 15 is 0 Å². The molecule has 1 aliphatic rings. The van der Waals surface area contributed by atoms with Crippen molar-refractivity contribution in [1.29, 1.82) is 0 Å². The molecule has 0 heterocycles. The number of esters is 1. The minimum atomic E-state index is -3.72. The highest BCUT2D eigenvalue weighted by molar-refractivity contribution is 8.00. The monoisotopic (exact) mass is 315 g/mol. The third-order valence-corrected chi connectivity index (χ3v) is 5.92. The van der Waals surface area contributed by atoms with Crippen molar-refractivity contribution in [2.75, 3.05) is 12.9 Å². The Balaban J connectivity index is 2.07. The third kappa shape index (κ3) is 3.74. The Hall–Kier alpha value is -1.05. The third-order valence-electron chi connectivity index (χ3n) is 3.39. The second-order valence-electron chi connectivity index (χ2n) is 5.03. The quantitative estimate of drug-likeness (QED) is 0.638. The van der Waals surface area contributed by atoms with Crippen LogP contribution in [0.4, 0.5) is 0 Å². The number of sulfonamides is 1. The number of rotatable bonds is 6. The molecule has 0 unspecified atom stereocenters. The maximum atomic E-state index is 11.5. The Morgan fingerprint density at radius 2 is 2.05 bits per heavy atom. The van der Waals surface area contributed by atoms with E-state index in [1.54, 1.807) is 18.2 Å². The van der Waals surface area contributed by atoms with Crippen molar-refractivity contribution in [2.45, 2.75) is 29.1 Å². The van der Waals surface area contributed by atoms with Crippen LogP contribution in [-0.2, 0) is 19.6 Å². The first-order chi connectivity index (χ1) is 9.36. The number of hydrogen-bond acceptors (Lipinski definition) is 5. The summed E-state index contributed by atoms with van der Waals surface area (Å²) < 4.78 is 27.7. The molecular weight excluding hydrogens is 298 g/mol. The Kier molecular flexibility index (Phi) is 4.41. The first-order valence-corrected chi connectivity index (χ1v) is 8.71. The molecule has 7 heteroatoms. The summed E-state index contributed by atoms with van der Waals surface area (Å²) in [4.78, 5) is 12.1. The van der Waals surface area contributed by atoms with Gasteiger partial charge in [0, 0.05) is 10.6 Å². The molecule has 2 N–H and O–H groups in total. The number of nitrogens with two attached hydrogens (primary N) is 1. The first kappa shape index (κ1) is 15.3. The Morgan fingerprint density at radius 1 is 1.40 bits per heavy atom. The topological polar surface area (TPSA) is 86.5 Å². The van der Waals surface area contributed by atoms with Gasteiger partial charge in [0.1, 0.15) is 0 Å². The molecule has 1 fully saturated rings. The average Bonchev–Trinajstić information content (AvgIpc) is 3.16. The number of carbonyl (C=O) groups excluding carboxylic acids is 1. The number of primary sulfonamides is 1. The molecule has 1 aromatic carbocycles. The van der Waals surface area contributed by atoms with Crippen LogP contribution in [0.15, 0.2) is 34.1 Å². The first-order valence-electron chi connectivity index (χ1n) is 6.18. The van der Waals surface area contributed by atoms with E-state index in [1.807, 2.05) is 0 Å². The van der Waals surface area contributed by atoms with E-state index < -0.39 is 10.0 Å². The molecule has 1 saturated carbocycles. The number of carbonyl (C=O) groups is 1. The molecule has 1 aromatic rings. The van der Waals surface area contributed by atoms with Gasteiger partial charge in [-0.2, -0.15) is 0 Å². The average molecular weight is 315 g/mol. The normalized spacial score (nSPS) is 16.7. The lowest BCUT2D eigenvalue weighted by Crippen LogP contribution is -2.15. The van der Waals surface area contributed by atoms with Crippen LogP contribution in [0.5, 0.6) is 0 Å². The smallest absolute Gasteiger partial charge is 0.306 e. The summed E-state index contributed by atoms with van der Waals surface area (Å²) in [6, 6.07) is 6.65. The van der Waals surface area contributed by atoms with E-state index in [1.165, 1.54) is 24.9 Å². The summed E-state index contributed by atoms with van der Waals surface area (Å²) in [5.41, 5.74) is -0.0523. The molecule has 2 rings (SSSR count). The van der Waals surface area contributed by atoms with Gasteiger partial charge in [-0.15, -0.1) is 11.8 Å². The van der Waals surface area contributed by atoms with Crippen LogP contribution in [0.1, 0.15) is 19.3 Å². The van der Waals surface area contributed by atoms with Crippen LogP contribution in [0, 0.1) is 5.41 Å². The highest BCUT2D eigenvalue weighted by atomic mass is 32.2. The van der Waals surface area contributed by atoms with Gasteiger partial charge in [0.2, 0.25) is 10.0 Å². The molecule has 5 nitrogen and oxygen atoms in total. The summed E-state index contributed by atoms with van der Waals surface area (Å²) >= 11 is 1.43. The molecule has 1 aliphatic carbocycles. The van der Waals surface area contributed by atoms with E-state index in [-0.39, 0.29) is 16.3 Å². The summed E-state index contributed by atoms with van der Waals surface area (Å²) in [5, 5.41) is 5.20. The molecule has 0 saturated heterocycles. The molecule has 0 aromatic heterocycles. The molecule has 0 amide bonds. The Morgan fingerprint density at radius 3 is 2.60 bits per heavy atom. The zero-order chi connectivity index (χ0) is 14.8. The fraction of sp³-hybridized carbons (Fsp3) is 0.462. The number of methoxy groups -OCH3 is 1. The van der Waals surface area contributed by atoms with Crippen molar-refractivity contribution in [3.8, 4) is 0 Å². The Bertz CT molecular complexity index is 609. The molecule has 0 radical (unpaired) electrons. The van der Waals surface area contributed by atoms with Crippen LogP contribution < -0.4 is 5.14 Å². The predicted molar refractivity (Wildman–Crippen MR) is 76.8 cm³/mol. The molecule has 110 valence electrons. The van der Waals surface area contributed by atoms with Gasteiger partial charge >= 0.3 is 5.97 Å². The van der Waals surface area contributed by atoms with Crippen LogP contribution >= 0.6 is 11.8 Å². The minimum absolute atomic E-state index is 0.0523. The summed E-state index contributed by atoms with van der Waals surface area (Å²) in [5.74, 6) is 0.470. The lowest BCUT2D eigenvalue weighted by atomic mass is 10.1. The summed E-state index contributed by atoms with van der Waals surface area (Å²) in [6.07, 6.45) is 2.31. The maximum Gasteiger partial charge on any atom is 0.306 e. The van der Waals surface area contributed by atoms with Gasteiger partial charge in [-0.1, -0.05) is 12.1 Å².